The molecule has 0 bridgehead atoms. The highest BCUT2D eigenvalue weighted by molar-refractivity contribution is 6.30. The van der Waals surface area contributed by atoms with Crippen LogP contribution in [0.25, 0.3) is 11.4 Å². The summed E-state index contributed by atoms with van der Waals surface area (Å²) in [5.41, 5.74) is 6.82. The van der Waals surface area contributed by atoms with Crippen LogP contribution in [0.1, 0.15) is 37.7 Å². The number of halogens is 3. The summed E-state index contributed by atoms with van der Waals surface area (Å²) in [4.78, 5) is 18.9. The zero-order valence-electron chi connectivity index (χ0n) is 19.7. The fourth-order valence-electron chi connectivity index (χ4n) is 3.92. The molecule has 1 unspecified atom stereocenters. The molecule has 3 N–H and O–H groups in total. The van der Waals surface area contributed by atoms with E-state index in [1.165, 1.54) is 23.1 Å². The van der Waals surface area contributed by atoms with Crippen LogP contribution in [0.5, 0.6) is 0 Å². The minimum atomic E-state index is -0.741. The lowest BCUT2D eigenvalue weighted by Crippen LogP contribution is -2.43. The molecule has 1 aromatic heterocycles. The lowest BCUT2D eigenvalue weighted by Gasteiger charge is -2.34. The van der Waals surface area contributed by atoms with E-state index in [2.05, 4.69) is 10.1 Å². The van der Waals surface area contributed by atoms with Crippen LogP contribution in [0.15, 0.2) is 48.5 Å². The number of hydrogen-bond donors (Lipinski definition) is 2. The number of hydrogen-bond acceptors (Lipinski definition) is 5. The molecule has 0 aliphatic carbocycles. The highest BCUT2D eigenvalue weighted by atomic mass is 35.5. The molecule has 3 aromatic rings. The van der Waals surface area contributed by atoms with E-state index >= 15 is 0 Å². The third-order valence-corrected chi connectivity index (χ3v) is 5.91. The number of rotatable bonds is 11. The van der Waals surface area contributed by atoms with Crippen LogP contribution < -0.4 is 5.73 Å². The van der Waals surface area contributed by atoms with E-state index in [0.29, 0.717) is 17.4 Å². The Morgan fingerprint density at radius 1 is 1.23 bits per heavy atom. The van der Waals surface area contributed by atoms with Crippen molar-refractivity contribution in [2.75, 3.05) is 19.8 Å². The highest BCUT2D eigenvalue weighted by Crippen LogP contribution is 2.32. The van der Waals surface area contributed by atoms with E-state index in [-0.39, 0.29) is 30.3 Å². The van der Waals surface area contributed by atoms with Gasteiger partial charge in [0, 0.05) is 17.6 Å². The summed E-state index contributed by atoms with van der Waals surface area (Å²) < 4.78 is 29.3. The summed E-state index contributed by atoms with van der Waals surface area (Å²) in [6, 6.07) is 12.3. The van der Waals surface area contributed by atoms with Crippen LogP contribution in [0.3, 0.4) is 0 Å². The van der Waals surface area contributed by atoms with E-state index in [4.69, 9.17) is 17.3 Å². The second-order valence-electron chi connectivity index (χ2n) is 8.70. The van der Waals surface area contributed by atoms with Crippen molar-refractivity contribution in [3.63, 3.8) is 0 Å². The Morgan fingerprint density at radius 2 is 1.94 bits per heavy atom. The van der Waals surface area contributed by atoms with Gasteiger partial charge in [-0.1, -0.05) is 55.8 Å². The molecule has 10 heteroatoms. The second-order valence-corrected chi connectivity index (χ2v) is 9.13. The lowest BCUT2D eigenvalue weighted by atomic mass is 10.00. The number of aliphatic hydroxyl groups excluding tert-OH is 1. The molecule has 2 aromatic carbocycles. The number of carbonyl (C=O) groups is 1. The number of aromatic nitrogens is 3. The summed E-state index contributed by atoms with van der Waals surface area (Å²) >= 11 is 6.10. The van der Waals surface area contributed by atoms with Gasteiger partial charge in [-0.25, -0.2) is 18.4 Å². The van der Waals surface area contributed by atoms with Crippen LogP contribution in [0, 0.1) is 11.7 Å². The van der Waals surface area contributed by atoms with Crippen LogP contribution >= 0.6 is 11.6 Å². The minimum absolute atomic E-state index is 0.117. The quantitative estimate of drug-likeness (QED) is 0.410. The molecular weight excluding hydrogens is 476 g/mol. The summed E-state index contributed by atoms with van der Waals surface area (Å²) in [5.74, 6) is -0.703. The highest BCUT2D eigenvalue weighted by Gasteiger charge is 2.33. The van der Waals surface area contributed by atoms with Crippen molar-refractivity contribution >= 4 is 17.5 Å². The molecule has 0 radical (unpaired) electrons. The number of alkyl halides is 1. The lowest BCUT2D eigenvalue weighted by molar-refractivity contribution is -0.138. The van der Waals surface area contributed by atoms with E-state index in [0.717, 1.165) is 5.56 Å². The second kappa shape index (κ2) is 12.2. The van der Waals surface area contributed by atoms with E-state index in [9.17, 15) is 18.7 Å². The smallest absolute Gasteiger partial charge is 0.248 e. The van der Waals surface area contributed by atoms with Gasteiger partial charge in [0.1, 0.15) is 19.1 Å². The predicted molar refractivity (Wildman–Crippen MR) is 131 cm³/mol. The molecule has 7 nitrogen and oxygen atoms in total. The van der Waals surface area contributed by atoms with Gasteiger partial charge in [0.2, 0.25) is 5.91 Å². The van der Waals surface area contributed by atoms with Gasteiger partial charge < -0.3 is 15.7 Å². The van der Waals surface area contributed by atoms with Crippen LogP contribution in [-0.2, 0) is 11.3 Å². The van der Waals surface area contributed by atoms with E-state index in [1.807, 2.05) is 44.2 Å². The Bertz CT molecular complexity index is 1130. The van der Waals surface area contributed by atoms with Gasteiger partial charge in [0.15, 0.2) is 11.6 Å². The fourth-order valence-corrected chi connectivity index (χ4v) is 4.09. The van der Waals surface area contributed by atoms with Crippen molar-refractivity contribution in [2.45, 2.75) is 38.9 Å². The maximum Gasteiger partial charge on any atom is 0.248 e. The number of amides is 1. The van der Waals surface area contributed by atoms with Crippen molar-refractivity contribution in [1.29, 1.82) is 0 Å². The number of nitrogens with two attached hydrogens (primary N) is 1. The molecule has 188 valence electrons. The molecule has 3 rings (SSSR count). The summed E-state index contributed by atoms with van der Waals surface area (Å²) in [7, 11) is 0. The third-order valence-electron chi connectivity index (χ3n) is 5.67. The molecular formula is C25H30ClF2N5O2. The Balaban J connectivity index is 2.13. The molecule has 0 aliphatic rings. The summed E-state index contributed by atoms with van der Waals surface area (Å²) in [6.45, 7) is 2.79. The largest absolute Gasteiger partial charge is 0.387 e. The molecule has 0 aliphatic heterocycles. The molecule has 1 amide bonds. The zero-order chi connectivity index (χ0) is 25.5. The normalized spacial score (nSPS) is 13.1. The molecule has 0 spiro atoms. The van der Waals surface area contributed by atoms with Gasteiger partial charge in [-0.15, -0.1) is 0 Å². The number of aliphatic hydroxyl groups is 1. The SMILES string of the molecule is CC(C)C(c1nc(-c2cc(Cl)ccc2F)nn1Cc1ccccc1)N(CC[C@H](N)CF)C(=O)CO. The van der Waals surface area contributed by atoms with E-state index < -0.39 is 37.1 Å². The van der Waals surface area contributed by atoms with Crippen molar-refractivity contribution in [3.8, 4) is 11.4 Å². The average molecular weight is 506 g/mol. The number of carbonyl (C=O) groups excluding carboxylic acids is 1. The van der Waals surface area contributed by atoms with Crippen molar-refractivity contribution in [1.82, 2.24) is 19.7 Å². The predicted octanol–water partition coefficient (Wildman–Crippen LogP) is 3.99. The van der Waals surface area contributed by atoms with Crippen molar-refractivity contribution in [3.05, 3.63) is 70.8 Å². The van der Waals surface area contributed by atoms with Crippen LogP contribution in [0.2, 0.25) is 5.02 Å². The maximum atomic E-state index is 14.7. The number of nitrogens with zero attached hydrogens (tertiary/aromatic N) is 4. The van der Waals surface area contributed by atoms with Gasteiger partial charge in [-0.3, -0.25) is 4.79 Å². The zero-order valence-corrected chi connectivity index (χ0v) is 20.5. The Morgan fingerprint density at radius 3 is 2.57 bits per heavy atom. The first-order valence-electron chi connectivity index (χ1n) is 11.4. The summed E-state index contributed by atoms with van der Waals surface area (Å²) in [6.07, 6.45) is 0.202. The van der Waals surface area contributed by atoms with E-state index in [1.54, 1.807) is 4.68 Å². The first-order valence-corrected chi connectivity index (χ1v) is 11.8. The Hall–Kier alpha value is -2.88. The molecule has 35 heavy (non-hydrogen) atoms. The van der Waals surface area contributed by atoms with Crippen LogP contribution in [-0.4, -0.2) is 56.5 Å². The third kappa shape index (κ3) is 6.62. The first-order chi connectivity index (χ1) is 16.7. The fraction of sp³-hybridized carbons (Fsp3) is 0.400. The van der Waals surface area contributed by atoms with Gasteiger partial charge in [0.05, 0.1) is 18.2 Å². The van der Waals surface area contributed by atoms with Gasteiger partial charge in [0.25, 0.3) is 0 Å². The molecule has 0 saturated carbocycles. The standard InChI is InChI=1S/C25H30ClF2N5O2/c1-16(2)23(32(22(35)15-34)11-10-19(29)13-27)25-30-24(20-12-18(26)8-9-21(20)28)31-33(25)14-17-6-4-3-5-7-17/h3-9,12,16,19,23,34H,10-11,13-15,29H2,1-2H3/t19-,23?/m0/s1. The molecule has 2 atom stereocenters. The topological polar surface area (TPSA) is 97.3 Å². The van der Waals surface area contributed by atoms with Crippen molar-refractivity contribution in [2.24, 2.45) is 11.7 Å². The Kier molecular flexibility index (Phi) is 9.31. The van der Waals surface area contributed by atoms with Gasteiger partial charge in [-0.2, -0.15) is 5.10 Å². The average Bonchev–Trinajstić information content (AvgIpc) is 3.25. The maximum absolute atomic E-state index is 14.7. The molecule has 0 fully saturated rings. The Labute approximate surface area is 208 Å². The first kappa shape index (κ1) is 26.7. The summed E-state index contributed by atoms with van der Waals surface area (Å²) in [5, 5.41) is 14.6. The molecule has 1 heterocycles. The van der Waals surface area contributed by atoms with Gasteiger partial charge >= 0.3 is 0 Å². The number of benzene rings is 2. The van der Waals surface area contributed by atoms with Gasteiger partial charge in [-0.05, 0) is 36.1 Å². The monoisotopic (exact) mass is 505 g/mol. The minimum Gasteiger partial charge on any atom is -0.387 e. The van der Waals surface area contributed by atoms with Crippen LogP contribution in [0.4, 0.5) is 8.78 Å². The molecule has 0 saturated heterocycles. The van der Waals surface area contributed by atoms with Crippen molar-refractivity contribution < 1.29 is 18.7 Å².